The van der Waals surface area contributed by atoms with Crippen LogP contribution in [0.25, 0.3) is 0 Å². The minimum absolute atomic E-state index is 0.102. The maximum absolute atomic E-state index is 13.4. The lowest BCUT2D eigenvalue weighted by Crippen LogP contribution is -2.38. The smallest absolute Gasteiger partial charge is 0.339 e. The van der Waals surface area contributed by atoms with Crippen molar-refractivity contribution in [3.8, 4) is 0 Å². The average Bonchev–Trinajstić information content (AvgIpc) is 3.09. The number of aromatic nitrogens is 3. The van der Waals surface area contributed by atoms with Crippen LogP contribution in [0.15, 0.2) is 59.4 Å². The van der Waals surface area contributed by atoms with E-state index < -0.39 is 5.82 Å². The Hall–Kier alpha value is -3.22. The summed E-state index contributed by atoms with van der Waals surface area (Å²) in [6.07, 6.45) is 1.45. The van der Waals surface area contributed by atoms with Gasteiger partial charge in [-0.3, -0.25) is 9.36 Å². The normalized spacial score (nSPS) is 14.8. The Morgan fingerprint density at radius 1 is 1.10 bits per heavy atom. The van der Waals surface area contributed by atoms with E-state index in [1.54, 1.807) is 21.6 Å². The lowest BCUT2D eigenvalue weighted by Gasteiger charge is -2.31. The van der Waals surface area contributed by atoms with Crippen LogP contribution < -0.4 is 5.69 Å². The van der Waals surface area contributed by atoms with Crippen molar-refractivity contribution in [3.05, 3.63) is 87.9 Å². The number of halogens is 1. The summed E-state index contributed by atoms with van der Waals surface area (Å²) in [5.74, 6) is 0.338. The molecule has 1 aliphatic heterocycles. The van der Waals surface area contributed by atoms with Gasteiger partial charge < -0.3 is 4.90 Å². The number of hydrogen-bond donors (Lipinski definition) is 0. The Bertz CT molecular complexity index is 1080. The highest BCUT2D eigenvalue weighted by Crippen LogP contribution is 2.27. The number of rotatable bonds is 5. The molecular formula is C23H25FN4O2. The molecule has 0 atom stereocenters. The molecular weight excluding hydrogens is 383 g/mol. The third-order valence-corrected chi connectivity index (χ3v) is 5.66. The lowest BCUT2D eigenvalue weighted by molar-refractivity contribution is 0.0709. The number of piperidine rings is 1. The summed E-state index contributed by atoms with van der Waals surface area (Å²) in [6.45, 7) is 4.07. The number of likely N-dealkylation sites (tertiary alicyclic amines) is 1. The summed E-state index contributed by atoms with van der Waals surface area (Å²) in [4.78, 5) is 27.2. The number of carbonyl (C=O) groups is 1. The van der Waals surface area contributed by atoms with Crippen molar-refractivity contribution in [1.29, 1.82) is 0 Å². The van der Waals surface area contributed by atoms with Gasteiger partial charge in [0.2, 0.25) is 0 Å². The van der Waals surface area contributed by atoms with Crippen molar-refractivity contribution in [3.63, 3.8) is 0 Å². The van der Waals surface area contributed by atoms with Gasteiger partial charge in [0.15, 0.2) is 0 Å². The number of benzene rings is 2. The monoisotopic (exact) mass is 408 g/mol. The summed E-state index contributed by atoms with van der Waals surface area (Å²) in [5, 5.41) is 4.65. The van der Waals surface area contributed by atoms with Crippen LogP contribution in [-0.4, -0.2) is 38.2 Å². The molecule has 6 nitrogen and oxygen atoms in total. The predicted octanol–water partition coefficient (Wildman–Crippen LogP) is 3.27. The molecule has 1 fully saturated rings. The molecule has 0 bridgehead atoms. The number of carbonyl (C=O) groups excluding carboxylic acids is 1. The molecule has 0 N–H and O–H groups in total. The van der Waals surface area contributed by atoms with Gasteiger partial charge in [-0.15, -0.1) is 0 Å². The van der Waals surface area contributed by atoms with Crippen LogP contribution in [0.2, 0.25) is 0 Å². The minimum Gasteiger partial charge on any atom is -0.339 e. The fourth-order valence-corrected chi connectivity index (χ4v) is 4.06. The highest BCUT2D eigenvalue weighted by Gasteiger charge is 2.28. The molecule has 1 aliphatic rings. The van der Waals surface area contributed by atoms with E-state index in [4.69, 9.17) is 0 Å². The van der Waals surface area contributed by atoms with Crippen LogP contribution >= 0.6 is 0 Å². The fourth-order valence-electron chi connectivity index (χ4n) is 4.06. The van der Waals surface area contributed by atoms with Crippen molar-refractivity contribution in [2.45, 2.75) is 38.8 Å². The Kier molecular flexibility index (Phi) is 5.79. The Balaban J connectivity index is 1.48. The van der Waals surface area contributed by atoms with Gasteiger partial charge in [-0.25, -0.2) is 13.9 Å². The molecule has 0 aliphatic carbocycles. The third kappa shape index (κ3) is 4.06. The molecule has 4 rings (SSSR count). The second kappa shape index (κ2) is 8.65. The van der Waals surface area contributed by atoms with Crippen LogP contribution in [0, 0.1) is 5.82 Å². The zero-order valence-corrected chi connectivity index (χ0v) is 17.0. The molecule has 156 valence electrons. The number of hydrogen-bond acceptors (Lipinski definition) is 3. The van der Waals surface area contributed by atoms with E-state index in [-0.39, 0.29) is 17.5 Å². The number of amides is 1. The first kappa shape index (κ1) is 20.1. The van der Waals surface area contributed by atoms with E-state index >= 15 is 0 Å². The first-order valence-corrected chi connectivity index (χ1v) is 10.3. The molecule has 3 aromatic rings. The Morgan fingerprint density at radius 3 is 2.50 bits per heavy atom. The largest absolute Gasteiger partial charge is 0.346 e. The van der Waals surface area contributed by atoms with Gasteiger partial charge in [0, 0.05) is 31.1 Å². The van der Waals surface area contributed by atoms with Crippen molar-refractivity contribution in [2.24, 2.45) is 0 Å². The first-order valence-electron chi connectivity index (χ1n) is 10.3. The van der Waals surface area contributed by atoms with Crippen molar-refractivity contribution >= 4 is 5.91 Å². The lowest BCUT2D eigenvalue weighted by atomic mass is 9.95. The minimum atomic E-state index is -0.411. The fraction of sp³-hybridized carbons (Fsp3) is 0.348. The average molecular weight is 408 g/mol. The summed E-state index contributed by atoms with van der Waals surface area (Å²) >= 11 is 0. The zero-order chi connectivity index (χ0) is 21.1. The third-order valence-electron chi connectivity index (χ3n) is 5.66. The van der Waals surface area contributed by atoms with Crippen molar-refractivity contribution < 1.29 is 9.18 Å². The van der Waals surface area contributed by atoms with Gasteiger partial charge in [0.05, 0.1) is 6.54 Å². The van der Waals surface area contributed by atoms with E-state index in [1.165, 1.54) is 16.8 Å². The van der Waals surface area contributed by atoms with Crippen LogP contribution in [0.5, 0.6) is 0 Å². The summed E-state index contributed by atoms with van der Waals surface area (Å²) in [6, 6.07) is 15.6. The molecule has 7 heteroatoms. The highest BCUT2D eigenvalue weighted by atomic mass is 19.1. The Morgan fingerprint density at radius 2 is 1.83 bits per heavy atom. The van der Waals surface area contributed by atoms with Gasteiger partial charge in [0.25, 0.3) is 5.91 Å². The van der Waals surface area contributed by atoms with E-state index in [9.17, 15) is 14.0 Å². The molecule has 2 heterocycles. The topological polar surface area (TPSA) is 60.1 Å². The van der Waals surface area contributed by atoms with Crippen LogP contribution in [-0.2, 0) is 13.1 Å². The first-order chi connectivity index (χ1) is 14.6. The second-order valence-electron chi connectivity index (χ2n) is 7.61. The van der Waals surface area contributed by atoms with E-state index in [0.29, 0.717) is 31.7 Å². The van der Waals surface area contributed by atoms with Gasteiger partial charge in [-0.05, 0) is 43.5 Å². The van der Waals surface area contributed by atoms with Gasteiger partial charge in [-0.2, -0.15) is 5.10 Å². The SMILES string of the molecule is CCn1c(C2CCN(C(=O)c3cccc(F)c3)CC2)nn(Cc2ccccc2)c1=O. The van der Waals surface area contributed by atoms with Crippen LogP contribution in [0.3, 0.4) is 0 Å². The van der Waals surface area contributed by atoms with Crippen LogP contribution in [0.1, 0.15) is 47.4 Å². The van der Waals surface area contributed by atoms with Crippen molar-refractivity contribution in [2.75, 3.05) is 13.1 Å². The molecule has 1 amide bonds. The molecule has 0 unspecified atom stereocenters. The van der Waals surface area contributed by atoms with Gasteiger partial charge >= 0.3 is 5.69 Å². The second-order valence-corrected chi connectivity index (χ2v) is 7.61. The standard InChI is InChI=1S/C23H25FN4O2/c1-2-27-21(25-28(23(27)30)16-17-7-4-3-5-8-17)18-11-13-26(14-12-18)22(29)19-9-6-10-20(24)15-19/h3-10,15,18H,2,11-14,16H2,1H3. The van der Waals surface area contributed by atoms with Gasteiger partial charge in [0.1, 0.15) is 11.6 Å². The molecule has 2 aromatic carbocycles. The van der Waals surface area contributed by atoms with Gasteiger partial charge in [-0.1, -0.05) is 36.4 Å². The highest BCUT2D eigenvalue weighted by molar-refractivity contribution is 5.94. The van der Waals surface area contributed by atoms with E-state index in [0.717, 1.165) is 24.2 Å². The molecule has 0 saturated carbocycles. The zero-order valence-electron chi connectivity index (χ0n) is 17.0. The molecule has 30 heavy (non-hydrogen) atoms. The maximum atomic E-state index is 13.4. The predicted molar refractivity (Wildman–Crippen MR) is 112 cm³/mol. The summed E-state index contributed by atoms with van der Waals surface area (Å²) in [7, 11) is 0. The quantitative estimate of drug-likeness (QED) is 0.651. The Labute approximate surface area is 174 Å². The van der Waals surface area contributed by atoms with E-state index in [1.807, 2.05) is 37.3 Å². The molecule has 0 radical (unpaired) electrons. The molecule has 0 spiro atoms. The molecule has 1 aromatic heterocycles. The molecule has 1 saturated heterocycles. The maximum Gasteiger partial charge on any atom is 0.346 e. The van der Waals surface area contributed by atoms with Crippen molar-refractivity contribution in [1.82, 2.24) is 19.2 Å². The summed E-state index contributed by atoms with van der Waals surface area (Å²) < 4.78 is 16.7. The summed E-state index contributed by atoms with van der Waals surface area (Å²) in [5.41, 5.74) is 1.29. The van der Waals surface area contributed by atoms with Crippen LogP contribution in [0.4, 0.5) is 4.39 Å². The van der Waals surface area contributed by atoms with E-state index in [2.05, 4.69) is 5.10 Å². The number of nitrogens with zero attached hydrogens (tertiary/aromatic N) is 4.